The number of nitrogens with zero attached hydrogens (tertiary/aromatic N) is 5. The molecular weight excluding hydrogens is 1090 g/mol. The van der Waals surface area contributed by atoms with Crippen molar-refractivity contribution in [1.82, 2.24) is 24.5 Å². The van der Waals surface area contributed by atoms with Gasteiger partial charge in [-0.25, -0.2) is 19.9 Å². The molecule has 0 spiro atoms. The summed E-state index contributed by atoms with van der Waals surface area (Å²) in [6.07, 6.45) is -19.2. The average molecular weight is 1130 g/mol. The summed E-state index contributed by atoms with van der Waals surface area (Å²) < 4.78 is 176. The Bertz CT molecular complexity index is 4250. The van der Waals surface area contributed by atoms with Gasteiger partial charge in [0.05, 0.1) is 62.1 Å². The van der Waals surface area contributed by atoms with E-state index in [1.807, 2.05) is 121 Å². The van der Waals surface area contributed by atoms with Gasteiger partial charge in [0.1, 0.15) is 0 Å². The fraction of sp³-hybridized carbons (Fsp3) is 0.0909. The van der Waals surface area contributed by atoms with Crippen molar-refractivity contribution in [3.05, 3.63) is 246 Å². The molecule has 3 heterocycles. The highest BCUT2D eigenvalue weighted by molar-refractivity contribution is 6.10. The Morgan fingerprint density at radius 3 is 1.39 bits per heavy atom. The summed E-state index contributed by atoms with van der Waals surface area (Å²) in [4.78, 5) is 20.2. The quantitative estimate of drug-likeness (QED) is 0.149. The highest BCUT2D eigenvalue weighted by Crippen LogP contribution is 2.45. The summed E-state index contributed by atoms with van der Waals surface area (Å²) in [6.45, 7) is 0. The number of aromatic nitrogens is 5. The zero-order valence-electron chi connectivity index (χ0n) is 42.8. The molecule has 0 aliphatic heterocycles. The molecule has 7 aromatic carbocycles. The summed E-state index contributed by atoms with van der Waals surface area (Å²) >= 11 is 0. The van der Waals surface area contributed by atoms with Crippen LogP contribution in [-0.2, 0) is 0 Å². The van der Waals surface area contributed by atoms with Crippen molar-refractivity contribution in [1.29, 1.82) is 0 Å². The maximum Gasteiger partial charge on any atom is 0.416 e. The van der Waals surface area contributed by atoms with Crippen LogP contribution in [0.15, 0.2) is 235 Å². The van der Waals surface area contributed by atoms with E-state index in [0.29, 0.717) is 73.6 Å². The van der Waals surface area contributed by atoms with Gasteiger partial charge in [0.2, 0.25) is 0 Å². The zero-order valence-corrected chi connectivity index (χ0v) is 42.8. The summed E-state index contributed by atoms with van der Waals surface area (Å²) in [7, 11) is 0. The summed E-state index contributed by atoms with van der Waals surface area (Å²) in [6, 6.07) is 54.1. The number of hydrogen-bond donors (Lipinski definition) is 0. The molecule has 10 aromatic rings. The van der Waals surface area contributed by atoms with Gasteiger partial charge in [-0.2, -0.15) is 52.7 Å². The number of alkyl halides is 12. The fourth-order valence-electron chi connectivity index (χ4n) is 10.6. The minimum Gasteiger partial charge on any atom is -0.309 e. The van der Waals surface area contributed by atoms with E-state index in [9.17, 15) is 39.5 Å². The smallest absolute Gasteiger partial charge is 0.309 e. The van der Waals surface area contributed by atoms with Crippen LogP contribution in [-0.4, -0.2) is 49.2 Å². The van der Waals surface area contributed by atoms with Crippen LogP contribution in [0, 0.1) is 5.92 Å². The van der Waals surface area contributed by atoms with Gasteiger partial charge in [-0.05, 0) is 76.6 Å². The first-order valence-corrected chi connectivity index (χ1v) is 25.7. The predicted octanol–water partition coefficient (Wildman–Crippen LogP) is 17.3. The lowest BCUT2D eigenvalue weighted by Gasteiger charge is -2.24. The van der Waals surface area contributed by atoms with Gasteiger partial charge in [0, 0.05) is 44.2 Å². The van der Waals surface area contributed by atoms with E-state index in [4.69, 9.17) is 19.9 Å². The summed E-state index contributed by atoms with van der Waals surface area (Å²) in [5, 5.41) is 0.464. The Balaban J connectivity index is 1.21. The number of halogens is 12. The van der Waals surface area contributed by atoms with Crippen molar-refractivity contribution in [2.24, 2.45) is 5.92 Å². The van der Waals surface area contributed by atoms with Crippen molar-refractivity contribution < 1.29 is 52.7 Å². The monoisotopic (exact) mass is 1130 g/mol. The van der Waals surface area contributed by atoms with Gasteiger partial charge < -0.3 is 4.57 Å². The van der Waals surface area contributed by atoms with Crippen LogP contribution in [0.25, 0.3) is 106 Å². The first kappa shape index (κ1) is 54.0. The average Bonchev–Trinajstić information content (AvgIpc) is 2.88. The summed E-state index contributed by atoms with van der Waals surface area (Å²) in [5.41, 5.74) is 0.476. The molecule has 5 nitrogen and oxygen atoms in total. The molecular formula is C66H39F12N5. The van der Waals surface area contributed by atoms with Crippen LogP contribution < -0.4 is 10.4 Å². The molecule has 3 aromatic heterocycles. The predicted molar refractivity (Wildman–Crippen MR) is 296 cm³/mol. The maximum atomic E-state index is 15.0. The Kier molecular flexibility index (Phi) is 13.5. The standard InChI is InChI=1S/C66H39F12N5/c67-63(68,69)45-24-28-47(52(34-45)65(73,74)75)42-21-26-49-50-27-22-43(48-29-25-46(64(70,71)72)35-53(48)66(76,77)78)33-60(50)83(59(49)32-42)58-30-23-44(56-36-54(38-13-5-1-6-14-38)79-61(81-56)40-17-9-3-10-18-40)31-51(58)57-37-55(39-15-7-2-8-16-39)80-62(82-57)41-19-11-4-12-20-41/h1-28,30-37,52H,29H2. The van der Waals surface area contributed by atoms with Gasteiger partial charge in [-0.1, -0.05) is 170 Å². The number of fused-ring (bicyclic) bond motifs is 3. The number of allylic oxidation sites excluding steroid dienone is 8. The minimum atomic E-state index is -5.25. The van der Waals surface area contributed by atoms with Crippen molar-refractivity contribution in [2.75, 3.05) is 0 Å². The van der Waals surface area contributed by atoms with E-state index < -0.39 is 64.9 Å². The molecule has 0 fully saturated rings. The van der Waals surface area contributed by atoms with Crippen LogP contribution in [0.1, 0.15) is 6.42 Å². The lowest BCUT2D eigenvalue weighted by atomic mass is 9.88. The molecule has 0 saturated heterocycles. The molecule has 2 aliphatic rings. The van der Waals surface area contributed by atoms with Crippen molar-refractivity contribution in [3.8, 4) is 73.5 Å². The number of hydrogen-bond acceptors (Lipinski definition) is 4. The normalized spacial score (nSPS) is 16.5. The topological polar surface area (TPSA) is 56.5 Å². The molecule has 0 saturated carbocycles. The molecule has 83 heavy (non-hydrogen) atoms. The van der Waals surface area contributed by atoms with Gasteiger partial charge in [-0.3, -0.25) is 0 Å². The van der Waals surface area contributed by atoms with E-state index in [2.05, 4.69) is 0 Å². The van der Waals surface area contributed by atoms with E-state index in [1.165, 1.54) is 36.4 Å². The molecule has 1 unspecified atom stereocenters. The van der Waals surface area contributed by atoms with Gasteiger partial charge >= 0.3 is 24.7 Å². The zero-order chi connectivity index (χ0) is 58.0. The second kappa shape index (κ2) is 20.7. The Labute approximate surface area is 464 Å². The van der Waals surface area contributed by atoms with E-state index >= 15 is 13.2 Å². The molecule has 17 heteroatoms. The van der Waals surface area contributed by atoms with Crippen LogP contribution in [0.3, 0.4) is 0 Å². The van der Waals surface area contributed by atoms with Gasteiger partial charge in [-0.15, -0.1) is 0 Å². The lowest BCUT2D eigenvalue weighted by Crippen LogP contribution is -2.29. The van der Waals surface area contributed by atoms with Crippen molar-refractivity contribution in [2.45, 2.75) is 31.1 Å². The molecule has 0 N–H and O–H groups in total. The number of rotatable bonds is 7. The Hall–Kier alpha value is -9.64. The van der Waals surface area contributed by atoms with Crippen molar-refractivity contribution in [3.63, 3.8) is 0 Å². The van der Waals surface area contributed by atoms with Gasteiger partial charge in [0.25, 0.3) is 0 Å². The van der Waals surface area contributed by atoms with Gasteiger partial charge in [0.15, 0.2) is 11.6 Å². The fourth-order valence-corrected chi connectivity index (χ4v) is 10.6. The molecule has 412 valence electrons. The third-order valence-corrected chi connectivity index (χ3v) is 14.5. The molecule has 0 amide bonds. The first-order valence-electron chi connectivity index (χ1n) is 25.7. The van der Waals surface area contributed by atoms with Crippen LogP contribution >= 0.6 is 0 Å². The molecule has 0 radical (unpaired) electrons. The molecule has 12 rings (SSSR count). The summed E-state index contributed by atoms with van der Waals surface area (Å²) in [5.74, 6) is -2.06. The highest BCUT2D eigenvalue weighted by Gasteiger charge is 2.45. The largest absolute Gasteiger partial charge is 0.416 e. The van der Waals surface area contributed by atoms with Crippen LogP contribution in [0.5, 0.6) is 0 Å². The Morgan fingerprint density at radius 1 is 0.410 bits per heavy atom. The lowest BCUT2D eigenvalue weighted by molar-refractivity contribution is -0.147. The first-order chi connectivity index (χ1) is 39.7. The van der Waals surface area contributed by atoms with Crippen LogP contribution in [0.2, 0.25) is 0 Å². The SMILES string of the molecule is FC(F)(F)C1=CCC(=c2ccc3c4ccc(=C5C=CC(C(F)(F)F)=CC5C(F)(F)F)cc4n(-c4ccc(-c5cc(-c6ccccc6)nc(-c6ccccc6)n5)cc4-c4cc(-c5ccccc5)nc(-c5ccccc5)n4)c3c2)C(C(F)(F)F)=C1. The second-order valence-corrected chi connectivity index (χ2v) is 19.7. The van der Waals surface area contributed by atoms with E-state index in [0.717, 1.165) is 11.6 Å². The molecule has 0 bridgehead atoms. The maximum absolute atomic E-state index is 15.0. The molecule has 2 aliphatic carbocycles. The van der Waals surface area contributed by atoms with E-state index in [1.54, 1.807) is 34.9 Å². The second-order valence-electron chi connectivity index (χ2n) is 19.7. The Morgan fingerprint density at radius 2 is 0.880 bits per heavy atom. The van der Waals surface area contributed by atoms with Crippen molar-refractivity contribution >= 4 is 33.0 Å². The third kappa shape index (κ3) is 10.7. The van der Waals surface area contributed by atoms with E-state index in [-0.39, 0.29) is 50.8 Å². The highest BCUT2D eigenvalue weighted by atomic mass is 19.4. The molecule has 1 atom stereocenters. The minimum absolute atomic E-state index is 0.0651. The number of benzene rings is 7. The third-order valence-electron chi connectivity index (χ3n) is 14.5. The van der Waals surface area contributed by atoms with Crippen LogP contribution in [0.4, 0.5) is 52.7 Å².